The van der Waals surface area contributed by atoms with Gasteiger partial charge in [0, 0.05) is 6.26 Å². The molecule has 0 fully saturated rings. The molecule has 0 unspecified atom stereocenters. The molecule has 0 amide bonds. The van der Waals surface area contributed by atoms with Crippen LogP contribution in [0.3, 0.4) is 0 Å². The van der Waals surface area contributed by atoms with Crippen LogP contribution in [0.15, 0.2) is 29.2 Å². The summed E-state index contributed by atoms with van der Waals surface area (Å²) in [5.74, 6) is -0.0143. The number of aromatic nitrogens is 1. The largest absolute Gasteiger partial charge is 0.492 e. The SMILES string of the molecule is Cc1nc(O)c(-c2ccc(S(C)(=O)=O)cc2)s1. The molecule has 0 aliphatic carbocycles. The monoisotopic (exact) mass is 269 g/mol. The summed E-state index contributed by atoms with van der Waals surface area (Å²) in [6.45, 7) is 1.80. The van der Waals surface area contributed by atoms with Crippen molar-refractivity contribution in [3.8, 4) is 16.3 Å². The van der Waals surface area contributed by atoms with Gasteiger partial charge in [-0.05, 0) is 24.6 Å². The summed E-state index contributed by atoms with van der Waals surface area (Å²) in [5, 5.41) is 10.4. The molecular weight excluding hydrogens is 258 g/mol. The van der Waals surface area contributed by atoms with Crippen LogP contribution in [-0.2, 0) is 9.84 Å². The maximum Gasteiger partial charge on any atom is 0.230 e. The second-order valence-corrected chi connectivity index (χ2v) is 6.90. The fraction of sp³-hybridized carbons (Fsp3) is 0.182. The van der Waals surface area contributed by atoms with Gasteiger partial charge in [0.25, 0.3) is 0 Å². The van der Waals surface area contributed by atoms with Crippen LogP contribution in [0.1, 0.15) is 5.01 Å². The number of aryl methyl sites for hydroxylation is 1. The average Bonchev–Trinajstić information content (AvgIpc) is 2.57. The zero-order chi connectivity index (χ0) is 12.6. The number of thiazole rings is 1. The number of hydrogen-bond acceptors (Lipinski definition) is 5. The van der Waals surface area contributed by atoms with E-state index in [1.807, 2.05) is 0 Å². The van der Waals surface area contributed by atoms with Gasteiger partial charge in [-0.3, -0.25) is 0 Å². The van der Waals surface area contributed by atoms with Gasteiger partial charge >= 0.3 is 0 Å². The topological polar surface area (TPSA) is 67.3 Å². The quantitative estimate of drug-likeness (QED) is 0.907. The lowest BCUT2D eigenvalue weighted by Crippen LogP contribution is -1.95. The Balaban J connectivity index is 2.46. The van der Waals surface area contributed by atoms with Crippen molar-refractivity contribution < 1.29 is 13.5 Å². The van der Waals surface area contributed by atoms with Crippen LogP contribution in [0, 0.1) is 6.92 Å². The van der Waals surface area contributed by atoms with Crippen LogP contribution in [0.2, 0.25) is 0 Å². The molecule has 0 saturated heterocycles. The average molecular weight is 269 g/mol. The molecule has 90 valence electrons. The molecule has 0 bridgehead atoms. The summed E-state index contributed by atoms with van der Waals surface area (Å²) in [6, 6.07) is 6.39. The van der Waals surface area contributed by atoms with E-state index < -0.39 is 9.84 Å². The van der Waals surface area contributed by atoms with Gasteiger partial charge in [-0.1, -0.05) is 12.1 Å². The number of hydrogen-bond donors (Lipinski definition) is 1. The third-order valence-electron chi connectivity index (χ3n) is 2.26. The fourth-order valence-electron chi connectivity index (χ4n) is 1.46. The molecule has 17 heavy (non-hydrogen) atoms. The maximum atomic E-state index is 11.3. The normalized spacial score (nSPS) is 11.6. The number of benzene rings is 1. The third-order valence-corrected chi connectivity index (χ3v) is 4.40. The molecule has 0 saturated carbocycles. The molecule has 2 rings (SSSR count). The van der Waals surface area contributed by atoms with E-state index in [1.54, 1.807) is 19.1 Å². The van der Waals surface area contributed by atoms with Crippen LogP contribution in [0.4, 0.5) is 0 Å². The first-order valence-electron chi connectivity index (χ1n) is 4.85. The summed E-state index contributed by atoms with van der Waals surface area (Å²) in [4.78, 5) is 4.84. The minimum Gasteiger partial charge on any atom is -0.492 e. The lowest BCUT2D eigenvalue weighted by atomic mass is 10.2. The van der Waals surface area contributed by atoms with Crippen molar-refractivity contribution in [1.29, 1.82) is 0 Å². The van der Waals surface area contributed by atoms with Crippen LogP contribution < -0.4 is 0 Å². The summed E-state index contributed by atoms with van der Waals surface area (Å²) < 4.78 is 22.6. The first kappa shape index (κ1) is 12.1. The van der Waals surface area contributed by atoms with Crippen molar-refractivity contribution in [3.05, 3.63) is 29.3 Å². The Labute approximate surface area is 103 Å². The van der Waals surface area contributed by atoms with E-state index >= 15 is 0 Å². The summed E-state index contributed by atoms with van der Waals surface area (Å²) in [6.07, 6.45) is 1.16. The van der Waals surface area contributed by atoms with Gasteiger partial charge in [0.05, 0.1) is 14.8 Å². The van der Waals surface area contributed by atoms with Gasteiger partial charge in [0.2, 0.25) is 5.88 Å². The molecule has 0 radical (unpaired) electrons. The second kappa shape index (κ2) is 4.12. The van der Waals surface area contributed by atoms with E-state index in [1.165, 1.54) is 23.5 Å². The molecule has 1 aromatic carbocycles. The molecule has 0 aliphatic heterocycles. The molecule has 1 heterocycles. The molecule has 2 aromatic rings. The Kier molecular flexibility index (Phi) is 2.92. The lowest BCUT2D eigenvalue weighted by Gasteiger charge is -2.00. The van der Waals surface area contributed by atoms with E-state index in [0.29, 0.717) is 4.88 Å². The van der Waals surface area contributed by atoms with E-state index in [9.17, 15) is 13.5 Å². The van der Waals surface area contributed by atoms with E-state index in [0.717, 1.165) is 16.8 Å². The van der Waals surface area contributed by atoms with Crippen LogP contribution in [-0.4, -0.2) is 24.8 Å². The van der Waals surface area contributed by atoms with Gasteiger partial charge in [0.1, 0.15) is 0 Å². The highest BCUT2D eigenvalue weighted by molar-refractivity contribution is 7.90. The third kappa shape index (κ3) is 2.48. The van der Waals surface area contributed by atoms with Crippen LogP contribution in [0.5, 0.6) is 5.88 Å². The van der Waals surface area contributed by atoms with Crippen molar-refractivity contribution in [2.24, 2.45) is 0 Å². The van der Waals surface area contributed by atoms with Gasteiger partial charge in [-0.15, -0.1) is 11.3 Å². The molecule has 4 nitrogen and oxygen atoms in total. The molecule has 6 heteroatoms. The van der Waals surface area contributed by atoms with Gasteiger partial charge in [-0.2, -0.15) is 0 Å². The standard InChI is InChI=1S/C11H11NO3S2/c1-7-12-11(13)10(16-7)8-3-5-9(6-4-8)17(2,14)15/h3-6,13H,1-2H3. The Morgan fingerprint density at radius 3 is 2.24 bits per heavy atom. The van der Waals surface area contributed by atoms with E-state index in [4.69, 9.17) is 0 Å². The lowest BCUT2D eigenvalue weighted by molar-refractivity contribution is 0.458. The second-order valence-electron chi connectivity index (χ2n) is 3.68. The first-order valence-corrected chi connectivity index (χ1v) is 7.55. The summed E-state index contributed by atoms with van der Waals surface area (Å²) >= 11 is 1.37. The molecule has 1 N–H and O–H groups in total. The minimum atomic E-state index is -3.18. The number of sulfone groups is 1. The van der Waals surface area contributed by atoms with Crippen molar-refractivity contribution in [1.82, 2.24) is 4.98 Å². The Bertz CT molecular complexity index is 642. The summed E-state index contributed by atoms with van der Waals surface area (Å²) in [5.41, 5.74) is 0.764. The molecule has 0 spiro atoms. The predicted molar refractivity (Wildman–Crippen MR) is 67.1 cm³/mol. The zero-order valence-corrected chi connectivity index (χ0v) is 11.0. The predicted octanol–water partition coefficient (Wildman–Crippen LogP) is 2.23. The van der Waals surface area contributed by atoms with Gasteiger partial charge in [0.15, 0.2) is 9.84 Å². The zero-order valence-electron chi connectivity index (χ0n) is 9.34. The van der Waals surface area contributed by atoms with Crippen molar-refractivity contribution in [2.45, 2.75) is 11.8 Å². The van der Waals surface area contributed by atoms with Crippen LogP contribution in [0.25, 0.3) is 10.4 Å². The van der Waals surface area contributed by atoms with Crippen molar-refractivity contribution >= 4 is 21.2 Å². The molecule has 0 atom stereocenters. The summed E-state index contributed by atoms with van der Waals surface area (Å²) in [7, 11) is -3.18. The fourth-order valence-corrected chi connectivity index (χ4v) is 2.91. The van der Waals surface area contributed by atoms with Gasteiger partial charge < -0.3 is 5.11 Å². The molecule has 1 aromatic heterocycles. The molecular formula is C11H11NO3S2. The van der Waals surface area contributed by atoms with Crippen molar-refractivity contribution in [2.75, 3.05) is 6.26 Å². The van der Waals surface area contributed by atoms with Crippen LogP contribution >= 0.6 is 11.3 Å². The minimum absolute atomic E-state index is 0.0143. The van der Waals surface area contributed by atoms with E-state index in [-0.39, 0.29) is 10.8 Å². The highest BCUT2D eigenvalue weighted by atomic mass is 32.2. The number of aromatic hydroxyl groups is 1. The highest BCUT2D eigenvalue weighted by Crippen LogP contribution is 2.34. The smallest absolute Gasteiger partial charge is 0.230 e. The van der Waals surface area contributed by atoms with Gasteiger partial charge in [-0.25, -0.2) is 13.4 Å². The van der Waals surface area contributed by atoms with E-state index in [2.05, 4.69) is 4.98 Å². The molecule has 0 aliphatic rings. The first-order chi connectivity index (χ1) is 7.88. The Morgan fingerprint density at radius 2 is 1.82 bits per heavy atom. The highest BCUT2D eigenvalue weighted by Gasteiger charge is 2.11. The number of rotatable bonds is 2. The van der Waals surface area contributed by atoms with Crippen molar-refractivity contribution in [3.63, 3.8) is 0 Å². The Hall–Kier alpha value is -1.40. The Morgan fingerprint density at radius 1 is 1.24 bits per heavy atom. The maximum absolute atomic E-state index is 11.3. The number of nitrogens with zero attached hydrogens (tertiary/aromatic N) is 1.